The zero-order chi connectivity index (χ0) is 20.8. The van der Waals surface area contributed by atoms with Gasteiger partial charge in [-0.15, -0.1) is 24.0 Å². The first kappa shape index (κ1) is 27.7. The normalized spacial score (nSPS) is 12.8. The van der Waals surface area contributed by atoms with Gasteiger partial charge in [0.15, 0.2) is 5.96 Å². The Bertz CT molecular complexity index is 564. The number of halogens is 4. The van der Waals surface area contributed by atoms with Gasteiger partial charge in [0, 0.05) is 39.0 Å². The number of aromatic nitrogens is 1. The number of aliphatic imine (C=N–C) groups is 1. The number of guanidine groups is 1. The van der Waals surface area contributed by atoms with Crippen LogP contribution in [0.4, 0.5) is 19.0 Å². The minimum Gasteiger partial charge on any atom is -0.396 e. The standard InChI is InChI=1S/C19H32F3N5O.HI/c1-3-6-15(9-12-28)13-27-18(23-4-2)25-11-5-10-24-17-8-7-16(14-26-17)19(20,21)22;/h7-8,14-15,28H,3-6,9-13H2,1-2H3,(H,24,26)(H2,23,25,27);1H. The van der Waals surface area contributed by atoms with Crippen molar-refractivity contribution in [2.75, 3.05) is 38.1 Å². The molecule has 0 spiro atoms. The SMILES string of the molecule is CCCC(CCO)CN=C(NCC)NCCCNc1ccc(C(F)(F)F)cn1.I. The molecule has 0 radical (unpaired) electrons. The van der Waals surface area contributed by atoms with Crippen LogP contribution in [0, 0.1) is 5.92 Å². The average Bonchev–Trinajstić information content (AvgIpc) is 2.65. The van der Waals surface area contributed by atoms with Crippen LogP contribution >= 0.6 is 24.0 Å². The van der Waals surface area contributed by atoms with Crippen molar-refractivity contribution in [2.45, 2.75) is 45.7 Å². The van der Waals surface area contributed by atoms with Gasteiger partial charge in [-0.05, 0) is 44.2 Å². The summed E-state index contributed by atoms with van der Waals surface area (Å²) in [6.45, 7) is 6.94. The number of hydrogen-bond donors (Lipinski definition) is 4. The number of pyridine rings is 1. The number of alkyl halides is 3. The van der Waals surface area contributed by atoms with Gasteiger partial charge in [0.2, 0.25) is 0 Å². The predicted octanol–water partition coefficient (Wildman–Crippen LogP) is 3.87. The lowest BCUT2D eigenvalue weighted by atomic mass is 10.0. The Morgan fingerprint density at radius 3 is 2.48 bits per heavy atom. The highest BCUT2D eigenvalue weighted by molar-refractivity contribution is 14.0. The highest BCUT2D eigenvalue weighted by Crippen LogP contribution is 2.28. The van der Waals surface area contributed by atoms with Crippen molar-refractivity contribution >= 4 is 35.8 Å². The van der Waals surface area contributed by atoms with E-state index in [1.807, 2.05) is 6.92 Å². The molecule has 1 rings (SSSR count). The molecule has 10 heteroatoms. The van der Waals surface area contributed by atoms with Crippen molar-refractivity contribution in [1.29, 1.82) is 0 Å². The Balaban J connectivity index is 0.00000784. The monoisotopic (exact) mass is 531 g/mol. The molecule has 4 N–H and O–H groups in total. The second-order valence-electron chi connectivity index (χ2n) is 6.52. The van der Waals surface area contributed by atoms with Gasteiger partial charge in [0.05, 0.1) is 5.56 Å². The summed E-state index contributed by atoms with van der Waals surface area (Å²) in [6, 6.07) is 2.35. The Hall–Kier alpha value is -1.30. The van der Waals surface area contributed by atoms with E-state index in [4.69, 9.17) is 5.11 Å². The second kappa shape index (κ2) is 15.5. The number of aliphatic hydroxyl groups excluding tert-OH is 1. The van der Waals surface area contributed by atoms with E-state index >= 15 is 0 Å². The summed E-state index contributed by atoms with van der Waals surface area (Å²) in [7, 11) is 0. The molecular weight excluding hydrogens is 498 g/mol. The number of nitrogens with zero attached hydrogens (tertiary/aromatic N) is 2. The lowest BCUT2D eigenvalue weighted by Gasteiger charge is -2.15. The van der Waals surface area contributed by atoms with Gasteiger partial charge in [0.1, 0.15) is 5.82 Å². The molecule has 29 heavy (non-hydrogen) atoms. The van der Waals surface area contributed by atoms with Crippen LogP contribution in [0.1, 0.15) is 45.1 Å². The van der Waals surface area contributed by atoms with Crippen molar-refractivity contribution in [3.63, 3.8) is 0 Å². The smallest absolute Gasteiger partial charge is 0.396 e. The van der Waals surface area contributed by atoms with Gasteiger partial charge in [-0.3, -0.25) is 4.99 Å². The first-order chi connectivity index (χ1) is 13.4. The van der Waals surface area contributed by atoms with Crippen LogP contribution in [0.25, 0.3) is 0 Å². The molecule has 0 amide bonds. The zero-order valence-electron chi connectivity index (χ0n) is 17.1. The molecule has 1 atom stereocenters. The summed E-state index contributed by atoms with van der Waals surface area (Å²) in [5.41, 5.74) is -0.756. The Morgan fingerprint density at radius 1 is 1.17 bits per heavy atom. The fraction of sp³-hybridized carbons (Fsp3) is 0.684. The lowest BCUT2D eigenvalue weighted by molar-refractivity contribution is -0.137. The van der Waals surface area contributed by atoms with Gasteiger partial charge in [-0.1, -0.05) is 13.3 Å². The number of aliphatic hydroxyl groups is 1. The van der Waals surface area contributed by atoms with E-state index < -0.39 is 11.7 Å². The highest BCUT2D eigenvalue weighted by atomic mass is 127. The van der Waals surface area contributed by atoms with Crippen LogP contribution in [0.5, 0.6) is 0 Å². The molecule has 0 aliphatic carbocycles. The quantitative estimate of drug-likeness (QED) is 0.143. The second-order valence-corrected chi connectivity index (χ2v) is 6.52. The molecule has 1 unspecified atom stereocenters. The Morgan fingerprint density at radius 2 is 1.93 bits per heavy atom. The summed E-state index contributed by atoms with van der Waals surface area (Å²) < 4.78 is 37.5. The van der Waals surface area contributed by atoms with Gasteiger partial charge in [0.25, 0.3) is 0 Å². The number of rotatable bonds is 12. The van der Waals surface area contributed by atoms with E-state index in [2.05, 4.69) is 32.9 Å². The molecule has 1 heterocycles. The molecule has 0 aliphatic heterocycles. The van der Waals surface area contributed by atoms with E-state index in [1.165, 1.54) is 6.07 Å². The van der Waals surface area contributed by atoms with Crippen LogP contribution in [0.15, 0.2) is 23.3 Å². The minimum absolute atomic E-state index is 0. The fourth-order valence-corrected chi connectivity index (χ4v) is 2.66. The van der Waals surface area contributed by atoms with Crippen molar-refractivity contribution in [2.24, 2.45) is 10.9 Å². The summed E-state index contributed by atoms with van der Waals surface area (Å²) in [5.74, 6) is 1.52. The van der Waals surface area contributed by atoms with Crippen LogP contribution in [-0.4, -0.2) is 48.8 Å². The van der Waals surface area contributed by atoms with Gasteiger partial charge >= 0.3 is 6.18 Å². The molecule has 0 aliphatic rings. The van der Waals surface area contributed by atoms with Crippen molar-refractivity contribution in [1.82, 2.24) is 15.6 Å². The van der Waals surface area contributed by atoms with Gasteiger partial charge < -0.3 is 21.1 Å². The number of nitrogens with one attached hydrogen (secondary N) is 3. The molecule has 0 aromatic carbocycles. The summed E-state index contributed by atoms with van der Waals surface area (Å²) >= 11 is 0. The van der Waals surface area contributed by atoms with E-state index in [0.29, 0.717) is 31.4 Å². The summed E-state index contributed by atoms with van der Waals surface area (Å²) in [4.78, 5) is 8.37. The third kappa shape index (κ3) is 12.1. The number of hydrogen-bond acceptors (Lipinski definition) is 4. The first-order valence-corrected chi connectivity index (χ1v) is 9.80. The van der Waals surface area contributed by atoms with Crippen molar-refractivity contribution in [3.05, 3.63) is 23.9 Å². The largest absolute Gasteiger partial charge is 0.417 e. The van der Waals surface area contributed by atoms with Gasteiger partial charge in [-0.25, -0.2) is 4.98 Å². The third-order valence-corrected chi connectivity index (χ3v) is 4.13. The molecule has 168 valence electrons. The average molecular weight is 531 g/mol. The Labute approximate surface area is 188 Å². The van der Waals surface area contributed by atoms with Gasteiger partial charge in [-0.2, -0.15) is 13.2 Å². The zero-order valence-corrected chi connectivity index (χ0v) is 19.4. The maximum absolute atomic E-state index is 12.5. The fourth-order valence-electron chi connectivity index (χ4n) is 2.66. The molecule has 0 fully saturated rings. The molecule has 0 saturated carbocycles. The van der Waals surface area contributed by atoms with Crippen LogP contribution in [0.3, 0.4) is 0 Å². The topological polar surface area (TPSA) is 81.6 Å². The molecule has 1 aromatic heterocycles. The molecule has 1 aromatic rings. The van der Waals surface area contributed by atoms with Crippen molar-refractivity contribution < 1.29 is 18.3 Å². The third-order valence-electron chi connectivity index (χ3n) is 4.13. The van der Waals surface area contributed by atoms with Crippen molar-refractivity contribution in [3.8, 4) is 0 Å². The van der Waals surface area contributed by atoms with E-state index in [-0.39, 0.29) is 30.6 Å². The molecule has 6 nitrogen and oxygen atoms in total. The first-order valence-electron chi connectivity index (χ1n) is 9.80. The molecule has 0 saturated heterocycles. The summed E-state index contributed by atoms with van der Waals surface area (Å²) in [5, 5.41) is 18.6. The minimum atomic E-state index is -4.37. The van der Waals surface area contributed by atoms with E-state index in [1.54, 1.807) is 0 Å². The van der Waals surface area contributed by atoms with E-state index in [0.717, 1.165) is 50.5 Å². The van der Waals surface area contributed by atoms with Crippen LogP contribution in [-0.2, 0) is 6.18 Å². The summed E-state index contributed by atoms with van der Waals surface area (Å²) in [6.07, 6.45) is 0.0602. The van der Waals surface area contributed by atoms with Crippen LogP contribution in [0.2, 0.25) is 0 Å². The molecule has 0 bridgehead atoms. The highest BCUT2D eigenvalue weighted by Gasteiger charge is 2.30. The Kier molecular flexibility index (Phi) is 14.8. The maximum Gasteiger partial charge on any atom is 0.417 e. The number of anilines is 1. The molecular formula is C19H33F3IN5O. The lowest BCUT2D eigenvalue weighted by Crippen LogP contribution is -2.38. The predicted molar refractivity (Wildman–Crippen MR) is 122 cm³/mol. The maximum atomic E-state index is 12.5. The van der Waals surface area contributed by atoms with E-state index in [9.17, 15) is 13.2 Å². The van der Waals surface area contributed by atoms with Crippen LogP contribution < -0.4 is 16.0 Å².